The van der Waals surface area contributed by atoms with Crippen molar-refractivity contribution >= 4 is 49.4 Å². The highest BCUT2D eigenvalue weighted by Gasteiger charge is 2.23. The van der Waals surface area contributed by atoms with Crippen LogP contribution in [0.3, 0.4) is 0 Å². The number of ether oxygens (including phenoxy) is 1. The Morgan fingerprint density at radius 1 is 0.528 bits per heavy atom. The largest absolute Gasteiger partial charge is 0.457 e. The Bertz CT molecular complexity index is 2960. The number of aromatic nitrogens is 5. The van der Waals surface area contributed by atoms with E-state index in [2.05, 4.69) is 145 Å². The molecule has 53 heavy (non-hydrogen) atoms. The summed E-state index contributed by atoms with van der Waals surface area (Å²) < 4.78 is 11.4. The first-order valence-electron chi connectivity index (χ1n) is 17.9. The monoisotopic (exact) mass is 685 g/mol. The Balaban J connectivity index is 1.20. The lowest BCUT2D eigenvalue weighted by molar-refractivity contribution is 0.479. The molecular weight excluding hydrogens is 651 g/mol. The molecule has 0 unspecified atom stereocenters. The quantitative estimate of drug-likeness (QED) is 0.169. The van der Waals surface area contributed by atoms with Gasteiger partial charge in [-0.2, -0.15) is 0 Å². The number of benzene rings is 5. The molecule has 0 saturated heterocycles. The van der Waals surface area contributed by atoms with Crippen LogP contribution in [0.25, 0.3) is 77.6 Å². The van der Waals surface area contributed by atoms with Gasteiger partial charge < -0.3 is 4.74 Å². The second kappa shape index (κ2) is 11.9. The molecule has 0 saturated carbocycles. The molecule has 0 spiro atoms. The first kappa shape index (κ1) is 31.0. The van der Waals surface area contributed by atoms with Gasteiger partial charge in [-0.05, 0) is 71.6 Å². The Hall–Kier alpha value is -6.79. The van der Waals surface area contributed by atoms with Crippen LogP contribution >= 0.6 is 0 Å². The lowest BCUT2D eigenvalue weighted by atomic mass is 9.86. The molecule has 10 rings (SSSR count). The van der Waals surface area contributed by atoms with Crippen LogP contribution in [0.15, 0.2) is 158 Å². The summed E-state index contributed by atoms with van der Waals surface area (Å²) in [6, 6.07) is 50.5. The second-order valence-corrected chi connectivity index (χ2v) is 14.6. The van der Waals surface area contributed by atoms with Crippen molar-refractivity contribution in [2.45, 2.75) is 26.2 Å². The minimum absolute atomic E-state index is 0.127. The topological polar surface area (TPSA) is 57.2 Å². The zero-order chi connectivity index (χ0) is 35.7. The lowest BCUT2D eigenvalue weighted by Crippen LogP contribution is -2.12. The molecule has 0 bridgehead atoms. The normalized spacial score (nSPS) is 12.1. The van der Waals surface area contributed by atoms with Gasteiger partial charge in [0.1, 0.15) is 22.8 Å². The van der Waals surface area contributed by atoms with Gasteiger partial charge in [-0.1, -0.05) is 99.6 Å². The summed E-state index contributed by atoms with van der Waals surface area (Å²) in [6.07, 6.45) is 3.72. The summed E-state index contributed by atoms with van der Waals surface area (Å²) in [7, 11) is 0. The number of para-hydroxylation sites is 1. The predicted molar refractivity (Wildman–Crippen MR) is 216 cm³/mol. The fraction of sp³-hybridized carbons (Fsp3) is 0.0851. The average Bonchev–Trinajstić information content (AvgIpc) is 3.76. The number of fused-ring (bicyclic) bond motifs is 9. The van der Waals surface area contributed by atoms with E-state index in [1.807, 2.05) is 42.7 Å². The zero-order valence-electron chi connectivity index (χ0n) is 29.7. The van der Waals surface area contributed by atoms with E-state index in [0.29, 0.717) is 0 Å². The van der Waals surface area contributed by atoms with E-state index in [9.17, 15) is 0 Å². The second-order valence-electron chi connectivity index (χ2n) is 14.6. The van der Waals surface area contributed by atoms with E-state index in [0.717, 1.165) is 83.7 Å². The van der Waals surface area contributed by atoms with E-state index in [1.165, 1.54) is 10.9 Å². The maximum absolute atomic E-state index is 6.86. The molecule has 5 aromatic carbocycles. The molecule has 0 fully saturated rings. The minimum atomic E-state index is -0.127. The van der Waals surface area contributed by atoms with Gasteiger partial charge in [0.15, 0.2) is 0 Å². The van der Waals surface area contributed by atoms with Crippen LogP contribution in [-0.4, -0.2) is 23.9 Å². The highest BCUT2D eigenvalue weighted by Crippen LogP contribution is 2.41. The standard InChI is InChI=1S/C47H35N5O/c1-47(2,3)32-26-33(51-40-20-11-10-18-36(40)38-19-12-25-49-45(38)51)28-35(27-32)53-34-22-23-37-39(29-34)46-50-42(30-14-6-4-7-15-30)44(31-16-8-5-9-17-31)52(46)41-21-13-24-48-43(37)41/h4-29H,1-3H3. The third-order valence-electron chi connectivity index (χ3n) is 10.2. The van der Waals surface area contributed by atoms with E-state index in [-0.39, 0.29) is 5.41 Å². The van der Waals surface area contributed by atoms with Gasteiger partial charge in [-0.25, -0.2) is 9.97 Å². The smallest absolute Gasteiger partial charge is 0.146 e. The predicted octanol–water partition coefficient (Wildman–Crippen LogP) is 12.0. The average molecular weight is 686 g/mol. The van der Waals surface area contributed by atoms with Crippen LogP contribution in [0.4, 0.5) is 0 Å². The van der Waals surface area contributed by atoms with Gasteiger partial charge in [-0.15, -0.1) is 0 Å². The van der Waals surface area contributed by atoms with Gasteiger partial charge >= 0.3 is 0 Å². The molecule has 254 valence electrons. The highest BCUT2D eigenvalue weighted by atomic mass is 16.5. The van der Waals surface area contributed by atoms with Crippen LogP contribution in [0.2, 0.25) is 0 Å². The summed E-state index contributed by atoms with van der Waals surface area (Å²) in [5.41, 5.74) is 10.9. The molecule has 0 aliphatic heterocycles. The molecule has 0 radical (unpaired) electrons. The molecule has 0 aliphatic carbocycles. The van der Waals surface area contributed by atoms with Gasteiger partial charge in [0.25, 0.3) is 0 Å². The first-order valence-corrected chi connectivity index (χ1v) is 17.9. The summed E-state index contributed by atoms with van der Waals surface area (Å²) in [5.74, 6) is 1.47. The number of nitrogens with zero attached hydrogens (tertiary/aromatic N) is 5. The fourth-order valence-electron chi connectivity index (χ4n) is 7.66. The third-order valence-corrected chi connectivity index (χ3v) is 10.2. The molecule has 6 heteroatoms. The maximum Gasteiger partial charge on any atom is 0.146 e. The Kier molecular flexibility index (Phi) is 6.95. The molecule has 5 aromatic heterocycles. The summed E-state index contributed by atoms with van der Waals surface area (Å²) >= 11 is 0. The van der Waals surface area contributed by atoms with Crippen molar-refractivity contribution in [3.63, 3.8) is 0 Å². The number of rotatable bonds is 5. The van der Waals surface area contributed by atoms with Crippen molar-refractivity contribution in [3.05, 3.63) is 164 Å². The first-order chi connectivity index (χ1) is 25.9. The summed E-state index contributed by atoms with van der Waals surface area (Å²) in [4.78, 5) is 15.2. The molecule has 10 aromatic rings. The molecule has 0 amide bonds. The van der Waals surface area contributed by atoms with Crippen molar-refractivity contribution in [1.29, 1.82) is 0 Å². The zero-order valence-corrected chi connectivity index (χ0v) is 29.7. The summed E-state index contributed by atoms with van der Waals surface area (Å²) in [5, 5.41) is 4.27. The molecular formula is C47H35N5O. The van der Waals surface area contributed by atoms with Crippen LogP contribution in [-0.2, 0) is 5.41 Å². The van der Waals surface area contributed by atoms with Crippen molar-refractivity contribution in [2.75, 3.05) is 0 Å². The molecule has 0 N–H and O–H groups in total. The maximum atomic E-state index is 6.86. The Morgan fingerprint density at radius 2 is 1.23 bits per heavy atom. The van der Waals surface area contributed by atoms with Crippen LogP contribution in [0.5, 0.6) is 11.5 Å². The number of pyridine rings is 3. The van der Waals surface area contributed by atoms with Crippen molar-refractivity contribution in [1.82, 2.24) is 23.9 Å². The lowest BCUT2D eigenvalue weighted by Gasteiger charge is -2.22. The van der Waals surface area contributed by atoms with Gasteiger partial charge in [0, 0.05) is 51.1 Å². The number of imidazole rings is 1. The SMILES string of the molecule is CC(C)(C)c1cc(Oc2ccc3c(c2)c2nc(-c4ccccc4)c(-c4ccccc4)n2c2cccnc32)cc(-n2c3ccccc3c3cccnc32)c1. The fourth-order valence-corrected chi connectivity index (χ4v) is 7.66. The molecule has 6 nitrogen and oxygen atoms in total. The molecule has 5 heterocycles. The van der Waals surface area contributed by atoms with Crippen LogP contribution < -0.4 is 4.74 Å². The van der Waals surface area contributed by atoms with Crippen molar-refractivity contribution < 1.29 is 4.74 Å². The van der Waals surface area contributed by atoms with E-state index in [4.69, 9.17) is 19.7 Å². The van der Waals surface area contributed by atoms with Gasteiger partial charge in [0.05, 0.1) is 33.6 Å². The van der Waals surface area contributed by atoms with Crippen LogP contribution in [0.1, 0.15) is 26.3 Å². The van der Waals surface area contributed by atoms with Crippen LogP contribution in [0, 0.1) is 0 Å². The number of hydrogen-bond donors (Lipinski definition) is 0. The van der Waals surface area contributed by atoms with E-state index in [1.54, 1.807) is 0 Å². The highest BCUT2D eigenvalue weighted by molar-refractivity contribution is 6.12. The third kappa shape index (κ3) is 5.06. The molecule has 0 atom stereocenters. The van der Waals surface area contributed by atoms with E-state index < -0.39 is 0 Å². The van der Waals surface area contributed by atoms with Gasteiger partial charge in [-0.3, -0.25) is 14.0 Å². The minimum Gasteiger partial charge on any atom is -0.457 e. The number of hydrogen-bond acceptors (Lipinski definition) is 4. The van der Waals surface area contributed by atoms with Gasteiger partial charge in [0.2, 0.25) is 0 Å². The summed E-state index contributed by atoms with van der Waals surface area (Å²) in [6.45, 7) is 6.70. The van der Waals surface area contributed by atoms with Crippen molar-refractivity contribution in [2.24, 2.45) is 0 Å². The molecule has 0 aliphatic rings. The Morgan fingerprint density at radius 3 is 2.04 bits per heavy atom. The Labute approximate surface area is 306 Å². The van der Waals surface area contributed by atoms with Crippen molar-refractivity contribution in [3.8, 4) is 39.7 Å². The van der Waals surface area contributed by atoms with E-state index >= 15 is 0 Å².